The number of carbonyl (C=O) groups is 1. The maximum absolute atomic E-state index is 12.9. The first-order chi connectivity index (χ1) is 13.5. The third-order valence-corrected chi connectivity index (χ3v) is 6.87. The maximum Gasteiger partial charge on any atom is 0.411 e. The van der Waals surface area contributed by atoms with Crippen LogP contribution in [0.15, 0.2) is 59.5 Å². The molecule has 0 atom stereocenters. The molecule has 1 aliphatic heterocycles. The van der Waals surface area contributed by atoms with Gasteiger partial charge in [0.25, 0.3) is 0 Å². The minimum Gasteiger partial charge on any atom is -0.450 e. The molecule has 0 aromatic heterocycles. The molecule has 1 amide bonds. The molecule has 1 aliphatic rings. The van der Waals surface area contributed by atoms with Gasteiger partial charge in [0.2, 0.25) is 10.0 Å². The van der Waals surface area contributed by atoms with Gasteiger partial charge in [-0.1, -0.05) is 30.3 Å². The van der Waals surface area contributed by atoms with Crippen molar-refractivity contribution in [2.45, 2.75) is 31.1 Å². The first-order valence-corrected chi connectivity index (χ1v) is 11.0. The van der Waals surface area contributed by atoms with Crippen LogP contribution in [0.1, 0.15) is 25.3 Å². The number of amides is 1. The summed E-state index contributed by atoms with van der Waals surface area (Å²) in [6.45, 7) is 3.06. The van der Waals surface area contributed by atoms with Gasteiger partial charge in [-0.3, -0.25) is 5.32 Å². The molecule has 0 spiro atoms. The molecule has 7 heteroatoms. The summed E-state index contributed by atoms with van der Waals surface area (Å²) in [6.07, 6.45) is 2.15. The fourth-order valence-electron chi connectivity index (χ4n) is 3.45. The van der Waals surface area contributed by atoms with Crippen LogP contribution >= 0.6 is 0 Å². The number of hydrogen-bond donors (Lipinski definition) is 1. The van der Waals surface area contributed by atoms with E-state index in [2.05, 4.69) is 17.4 Å². The van der Waals surface area contributed by atoms with Crippen molar-refractivity contribution >= 4 is 21.8 Å². The summed E-state index contributed by atoms with van der Waals surface area (Å²) >= 11 is 0. The lowest BCUT2D eigenvalue weighted by Crippen LogP contribution is -2.38. The summed E-state index contributed by atoms with van der Waals surface area (Å²) < 4.78 is 32.2. The number of hydrogen-bond acceptors (Lipinski definition) is 4. The van der Waals surface area contributed by atoms with Gasteiger partial charge in [-0.05, 0) is 61.9 Å². The van der Waals surface area contributed by atoms with Gasteiger partial charge in [-0.15, -0.1) is 0 Å². The van der Waals surface area contributed by atoms with Gasteiger partial charge in [0, 0.05) is 18.8 Å². The van der Waals surface area contributed by atoms with Gasteiger partial charge in [-0.2, -0.15) is 4.31 Å². The number of rotatable bonds is 6. The molecular formula is C21H26N2O4S. The van der Waals surface area contributed by atoms with Crippen molar-refractivity contribution in [2.75, 3.05) is 25.0 Å². The zero-order valence-corrected chi connectivity index (χ0v) is 16.8. The molecule has 0 bridgehead atoms. The Hall–Kier alpha value is -2.38. The van der Waals surface area contributed by atoms with Gasteiger partial charge < -0.3 is 4.74 Å². The Morgan fingerprint density at radius 2 is 1.71 bits per heavy atom. The number of nitrogens with one attached hydrogen (secondary N) is 1. The third kappa shape index (κ3) is 5.11. The fraction of sp³-hybridized carbons (Fsp3) is 0.381. The average Bonchev–Trinajstić information content (AvgIpc) is 2.70. The minimum atomic E-state index is -3.52. The number of anilines is 1. The van der Waals surface area contributed by atoms with Crippen LogP contribution in [-0.4, -0.2) is 38.5 Å². The summed E-state index contributed by atoms with van der Waals surface area (Å²) in [7, 11) is -3.52. The minimum absolute atomic E-state index is 0.239. The highest BCUT2D eigenvalue weighted by molar-refractivity contribution is 7.89. The predicted octanol–water partition coefficient (Wildman–Crippen LogP) is 3.90. The number of carbonyl (C=O) groups excluding carboxylic acids is 1. The zero-order valence-electron chi connectivity index (χ0n) is 16.0. The molecule has 0 unspecified atom stereocenters. The smallest absolute Gasteiger partial charge is 0.411 e. The van der Waals surface area contributed by atoms with Crippen LogP contribution in [0.4, 0.5) is 10.5 Å². The Bertz CT molecular complexity index is 874. The molecule has 0 aliphatic carbocycles. The highest BCUT2D eigenvalue weighted by Gasteiger charge is 2.29. The number of benzene rings is 2. The van der Waals surface area contributed by atoms with Gasteiger partial charge >= 0.3 is 6.09 Å². The molecule has 1 saturated heterocycles. The molecule has 1 heterocycles. The van der Waals surface area contributed by atoms with Crippen molar-refractivity contribution in [1.29, 1.82) is 0 Å². The lowest BCUT2D eigenvalue weighted by molar-refractivity contribution is 0.168. The van der Waals surface area contributed by atoms with Crippen LogP contribution < -0.4 is 5.32 Å². The molecule has 3 rings (SSSR count). The normalized spacial score (nSPS) is 15.9. The van der Waals surface area contributed by atoms with Gasteiger partial charge in [-0.25, -0.2) is 13.2 Å². The van der Waals surface area contributed by atoms with Crippen LogP contribution in [0.5, 0.6) is 0 Å². The lowest BCUT2D eigenvalue weighted by Gasteiger charge is -2.31. The SMILES string of the molecule is CCOC(=O)Nc1ccc(S(=O)(=O)N2CCC(Cc3ccccc3)CC2)cc1. The van der Waals surface area contributed by atoms with E-state index < -0.39 is 16.1 Å². The molecule has 0 saturated carbocycles. The number of nitrogens with zero attached hydrogens (tertiary/aromatic N) is 1. The first kappa shape index (κ1) is 20.4. The van der Waals surface area contributed by atoms with Crippen LogP contribution in [0, 0.1) is 5.92 Å². The van der Waals surface area contributed by atoms with Crippen molar-refractivity contribution in [3.63, 3.8) is 0 Å². The highest BCUT2D eigenvalue weighted by atomic mass is 32.2. The molecule has 150 valence electrons. The Morgan fingerprint density at radius 1 is 1.07 bits per heavy atom. The van der Waals surface area contributed by atoms with Crippen LogP contribution in [0.3, 0.4) is 0 Å². The van der Waals surface area contributed by atoms with E-state index in [1.807, 2.05) is 18.2 Å². The topological polar surface area (TPSA) is 75.7 Å². The zero-order chi connectivity index (χ0) is 20.0. The lowest BCUT2D eigenvalue weighted by atomic mass is 9.91. The summed E-state index contributed by atoms with van der Waals surface area (Å²) in [5.41, 5.74) is 1.80. The van der Waals surface area contributed by atoms with E-state index in [0.717, 1.165) is 19.3 Å². The Morgan fingerprint density at radius 3 is 2.32 bits per heavy atom. The molecular weight excluding hydrogens is 376 g/mol. The first-order valence-electron chi connectivity index (χ1n) is 9.57. The largest absolute Gasteiger partial charge is 0.450 e. The number of piperidine rings is 1. The second-order valence-electron chi connectivity index (χ2n) is 6.91. The van der Waals surface area contributed by atoms with E-state index in [-0.39, 0.29) is 11.5 Å². The van der Waals surface area contributed by atoms with E-state index in [9.17, 15) is 13.2 Å². The van der Waals surface area contributed by atoms with Crippen molar-refractivity contribution in [3.8, 4) is 0 Å². The van der Waals surface area contributed by atoms with Crippen LogP contribution in [0.2, 0.25) is 0 Å². The van der Waals surface area contributed by atoms with Crippen molar-refractivity contribution in [3.05, 3.63) is 60.2 Å². The molecule has 6 nitrogen and oxygen atoms in total. The van der Waals surface area contributed by atoms with Crippen molar-refractivity contribution in [2.24, 2.45) is 5.92 Å². The molecule has 2 aromatic carbocycles. The molecule has 1 N–H and O–H groups in total. The van der Waals surface area contributed by atoms with Gasteiger partial charge in [0.05, 0.1) is 11.5 Å². The van der Waals surface area contributed by atoms with Crippen LogP contribution in [0.25, 0.3) is 0 Å². The predicted molar refractivity (Wildman–Crippen MR) is 109 cm³/mol. The molecule has 1 fully saturated rings. The highest BCUT2D eigenvalue weighted by Crippen LogP contribution is 2.26. The van der Waals surface area contributed by atoms with E-state index in [0.29, 0.717) is 24.7 Å². The summed E-state index contributed by atoms with van der Waals surface area (Å²) in [4.78, 5) is 11.7. The Labute approximate surface area is 166 Å². The number of ether oxygens (including phenoxy) is 1. The van der Waals surface area contributed by atoms with E-state index in [4.69, 9.17) is 4.74 Å². The fourth-order valence-corrected chi connectivity index (χ4v) is 4.92. The summed E-state index contributed by atoms with van der Waals surface area (Å²) in [6, 6.07) is 16.5. The molecule has 2 aromatic rings. The summed E-state index contributed by atoms with van der Waals surface area (Å²) in [5.74, 6) is 0.505. The van der Waals surface area contributed by atoms with Crippen molar-refractivity contribution < 1.29 is 17.9 Å². The van der Waals surface area contributed by atoms with Crippen LogP contribution in [-0.2, 0) is 21.2 Å². The van der Waals surface area contributed by atoms with Gasteiger partial charge in [0.15, 0.2) is 0 Å². The standard InChI is InChI=1S/C21H26N2O4S/c1-2-27-21(24)22-19-8-10-20(11-9-19)28(25,26)23-14-12-18(13-15-23)16-17-6-4-3-5-7-17/h3-11,18H,2,12-16H2,1H3,(H,22,24). The monoisotopic (exact) mass is 402 g/mol. The van der Waals surface area contributed by atoms with Crippen molar-refractivity contribution in [1.82, 2.24) is 4.31 Å². The summed E-state index contributed by atoms with van der Waals surface area (Å²) in [5, 5.41) is 2.56. The van der Waals surface area contributed by atoms with E-state index >= 15 is 0 Å². The second-order valence-corrected chi connectivity index (χ2v) is 8.84. The number of sulfonamides is 1. The maximum atomic E-state index is 12.9. The molecule has 28 heavy (non-hydrogen) atoms. The van der Waals surface area contributed by atoms with E-state index in [1.165, 1.54) is 17.7 Å². The average molecular weight is 403 g/mol. The second kappa shape index (κ2) is 9.21. The Kier molecular flexibility index (Phi) is 6.70. The van der Waals surface area contributed by atoms with E-state index in [1.54, 1.807) is 23.4 Å². The molecule has 0 radical (unpaired) electrons. The van der Waals surface area contributed by atoms with Gasteiger partial charge in [0.1, 0.15) is 0 Å². The quantitative estimate of drug-likeness (QED) is 0.795. The Balaban J connectivity index is 1.58. The third-order valence-electron chi connectivity index (χ3n) is 4.95.